The molecule has 1 aromatic carbocycles. The zero-order valence-corrected chi connectivity index (χ0v) is 12.7. The van der Waals surface area contributed by atoms with Crippen LogP contribution in [0, 0.1) is 0 Å². The Balaban J connectivity index is 1.87. The first-order chi connectivity index (χ1) is 10.6. The van der Waals surface area contributed by atoms with E-state index in [2.05, 4.69) is 29.5 Å². The van der Waals surface area contributed by atoms with Crippen molar-refractivity contribution >= 4 is 17.5 Å². The topological polar surface area (TPSA) is 71.1 Å². The summed E-state index contributed by atoms with van der Waals surface area (Å²) >= 11 is 0. The van der Waals surface area contributed by atoms with E-state index in [0.717, 1.165) is 5.56 Å². The molecule has 0 aliphatic carbocycles. The third kappa shape index (κ3) is 4.41. The predicted octanol–water partition coefficient (Wildman–Crippen LogP) is 2.46. The Morgan fingerprint density at radius 1 is 1.09 bits per heavy atom. The van der Waals surface area contributed by atoms with Crippen LogP contribution in [-0.4, -0.2) is 16.8 Å². The maximum Gasteiger partial charge on any atom is 0.313 e. The molecule has 0 fully saturated rings. The highest BCUT2D eigenvalue weighted by Crippen LogP contribution is 2.16. The minimum atomic E-state index is -0.679. The molecule has 0 aliphatic rings. The van der Waals surface area contributed by atoms with E-state index >= 15 is 0 Å². The normalized spacial score (nSPS) is 10.3. The largest absolute Gasteiger partial charge is 0.344 e. The van der Waals surface area contributed by atoms with Crippen molar-refractivity contribution < 1.29 is 9.59 Å². The summed E-state index contributed by atoms with van der Waals surface area (Å²) in [7, 11) is 0. The number of amides is 2. The van der Waals surface area contributed by atoms with Crippen molar-refractivity contribution in [3.8, 4) is 0 Å². The average Bonchev–Trinajstić information content (AvgIpc) is 2.54. The van der Waals surface area contributed by atoms with Gasteiger partial charge in [-0.25, -0.2) is 0 Å². The fourth-order valence-electron chi connectivity index (χ4n) is 1.90. The van der Waals surface area contributed by atoms with Gasteiger partial charge in [-0.05, 0) is 35.2 Å². The molecule has 2 aromatic rings. The van der Waals surface area contributed by atoms with Gasteiger partial charge in [-0.2, -0.15) is 0 Å². The molecule has 5 nitrogen and oxygen atoms in total. The quantitative estimate of drug-likeness (QED) is 0.852. The summed E-state index contributed by atoms with van der Waals surface area (Å²) < 4.78 is 0. The van der Waals surface area contributed by atoms with Crippen LogP contribution in [0.2, 0.25) is 0 Å². The van der Waals surface area contributed by atoms with Crippen LogP contribution in [0.1, 0.15) is 30.9 Å². The number of rotatable bonds is 4. The van der Waals surface area contributed by atoms with E-state index in [1.165, 1.54) is 5.56 Å². The number of carbonyl (C=O) groups excluding carboxylic acids is 2. The molecule has 2 rings (SSSR count). The van der Waals surface area contributed by atoms with Gasteiger partial charge in [0.05, 0.1) is 0 Å². The van der Waals surface area contributed by atoms with Gasteiger partial charge in [-0.3, -0.25) is 14.6 Å². The van der Waals surface area contributed by atoms with E-state index < -0.39 is 11.8 Å². The second kappa shape index (κ2) is 7.36. The summed E-state index contributed by atoms with van der Waals surface area (Å²) in [5.74, 6) is -0.925. The lowest BCUT2D eigenvalue weighted by molar-refractivity contribution is -0.136. The van der Waals surface area contributed by atoms with Gasteiger partial charge in [0.15, 0.2) is 0 Å². The van der Waals surface area contributed by atoms with Crippen LogP contribution in [0.4, 0.5) is 5.69 Å². The number of hydrogen-bond acceptors (Lipinski definition) is 3. The fourth-order valence-corrected chi connectivity index (χ4v) is 1.90. The molecule has 0 saturated carbocycles. The SMILES string of the molecule is CC(C)c1ccc(NC(=O)C(=O)NCc2cccnc2)cc1. The first-order valence-electron chi connectivity index (χ1n) is 7.14. The van der Waals surface area contributed by atoms with Crippen molar-refractivity contribution in [3.05, 3.63) is 59.9 Å². The predicted molar refractivity (Wildman–Crippen MR) is 85.2 cm³/mol. The van der Waals surface area contributed by atoms with Crippen LogP contribution in [-0.2, 0) is 16.1 Å². The smallest absolute Gasteiger partial charge is 0.313 e. The Hall–Kier alpha value is -2.69. The summed E-state index contributed by atoms with van der Waals surface area (Å²) in [6.45, 7) is 4.46. The van der Waals surface area contributed by atoms with Gasteiger partial charge in [0.1, 0.15) is 0 Å². The van der Waals surface area contributed by atoms with Gasteiger partial charge in [0.25, 0.3) is 0 Å². The Morgan fingerprint density at radius 3 is 2.41 bits per heavy atom. The number of pyridine rings is 1. The van der Waals surface area contributed by atoms with E-state index in [0.29, 0.717) is 11.6 Å². The maximum atomic E-state index is 11.8. The molecule has 1 heterocycles. The summed E-state index contributed by atoms with van der Waals surface area (Å²) in [6, 6.07) is 11.1. The summed E-state index contributed by atoms with van der Waals surface area (Å²) in [4.78, 5) is 27.5. The van der Waals surface area contributed by atoms with Crippen molar-refractivity contribution in [3.63, 3.8) is 0 Å². The van der Waals surface area contributed by atoms with Crippen molar-refractivity contribution in [2.45, 2.75) is 26.3 Å². The highest BCUT2D eigenvalue weighted by Gasteiger charge is 2.13. The second-order valence-corrected chi connectivity index (χ2v) is 5.27. The molecule has 0 unspecified atom stereocenters. The van der Waals surface area contributed by atoms with Gasteiger partial charge < -0.3 is 10.6 Å². The summed E-state index contributed by atoms with van der Waals surface area (Å²) in [6.07, 6.45) is 3.29. The molecule has 2 amide bonds. The minimum absolute atomic E-state index is 0.270. The average molecular weight is 297 g/mol. The first-order valence-corrected chi connectivity index (χ1v) is 7.14. The van der Waals surface area contributed by atoms with Crippen LogP contribution in [0.3, 0.4) is 0 Å². The lowest BCUT2D eigenvalue weighted by Gasteiger charge is -2.08. The van der Waals surface area contributed by atoms with E-state index in [1.54, 1.807) is 30.6 Å². The molecule has 0 aliphatic heterocycles. The Morgan fingerprint density at radius 2 is 1.82 bits per heavy atom. The number of anilines is 1. The van der Waals surface area contributed by atoms with Crippen molar-refractivity contribution in [2.75, 3.05) is 5.32 Å². The number of nitrogens with zero attached hydrogens (tertiary/aromatic N) is 1. The number of carbonyl (C=O) groups is 2. The third-order valence-electron chi connectivity index (χ3n) is 3.22. The lowest BCUT2D eigenvalue weighted by atomic mass is 10.0. The van der Waals surface area contributed by atoms with Gasteiger partial charge >= 0.3 is 11.8 Å². The molecule has 5 heteroatoms. The van der Waals surface area contributed by atoms with Gasteiger partial charge in [-0.15, -0.1) is 0 Å². The summed E-state index contributed by atoms with van der Waals surface area (Å²) in [5, 5.41) is 5.14. The Labute approximate surface area is 129 Å². The van der Waals surface area contributed by atoms with Crippen molar-refractivity contribution in [2.24, 2.45) is 0 Å². The fraction of sp³-hybridized carbons (Fsp3) is 0.235. The maximum absolute atomic E-state index is 11.8. The molecule has 114 valence electrons. The number of benzene rings is 1. The van der Waals surface area contributed by atoms with Gasteiger partial charge in [0.2, 0.25) is 0 Å². The minimum Gasteiger partial charge on any atom is -0.344 e. The highest BCUT2D eigenvalue weighted by molar-refractivity contribution is 6.39. The van der Waals surface area contributed by atoms with Crippen LogP contribution in [0.15, 0.2) is 48.8 Å². The van der Waals surface area contributed by atoms with Gasteiger partial charge in [-0.1, -0.05) is 32.0 Å². The Bertz CT molecular complexity index is 637. The van der Waals surface area contributed by atoms with Crippen molar-refractivity contribution in [1.82, 2.24) is 10.3 Å². The lowest BCUT2D eigenvalue weighted by Crippen LogP contribution is -2.34. The zero-order valence-electron chi connectivity index (χ0n) is 12.7. The van der Waals surface area contributed by atoms with Crippen molar-refractivity contribution in [1.29, 1.82) is 0 Å². The van der Waals surface area contributed by atoms with E-state index in [4.69, 9.17) is 0 Å². The molecule has 1 aromatic heterocycles. The molecule has 0 atom stereocenters. The van der Waals surface area contributed by atoms with Crippen LogP contribution in [0.5, 0.6) is 0 Å². The second-order valence-electron chi connectivity index (χ2n) is 5.27. The molecular formula is C17H19N3O2. The van der Waals surface area contributed by atoms with Gasteiger partial charge in [0, 0.05) is 24.6 Å². The molecule has 22 heavy (non-hydrogen) atoms. The number of aromatic nitrogens is 1. The van der Waals surface area contributed by atoms with E-state index in [-0.39, 0.29) is 6.54 Å². The third-order valence-corrected chi connectivity index (χ3v) is 3.22. The van der Waals surface area contributed by atoms with E-state index in [9.17, 15) is 9.59 Å². The Kier molecular flexibility index (Phi) is 5.25. The molecule has 0 spiro atoms. The monoisotopic (exact) mass is 297 g/mol. The molecule has 0 radical (unpaired) electrons. The zero-order chi connectivity index (χ0) is 15.9. The molecule has 0 bridgehead atoms. The first kappa shape index (κ1) is 15.7. The van der Waals surface area contributed by atoms with Crippen LogP contribution < -0.4 is 10.6 Å². The number of hydrogen-bond donors (Lipinski definition) is 2. The number of nitrogens with one attached hydrogen (secondary N) is 2. The standard InChI is InChI=1S/C17H19N3O2/c1-12(2)14-5-7-15(8-6-14)20-17(22)16(21)19-11-13-4-3-9-18-10-13/h3-10,12H,11H2,1-2H3,(H,19,21)(H,20,22). The summed E-state index contributed by atoms with van der Waals surface area (Å²) in [5.41, 5.74) is 2.62. The van der Waals surface area contributed by atoms with Crippen LogP contribution >= 0.6 is 0 Å². The highest BCUT2D eigenvalue weighted by atomic mass is 16.2. The molecular weight excluding hydrogens is 278 g/mol. The molecule has 2 N–H and O–H groups in total. The van der Waals surface area contributed by atoms with Crippen LogP contribution in [0.25, 0.3) is 0 Å². The molecule has 0 saturated heterocycles. The van der Waals surface area contributed by atoms with E-state index in [1.807, 2.05) is 18.2 Å².